The van der Waals surface area contributed by atoms with Gasteiger partial charge in [-0.05, 0) is 26.8 Å². The van der Waals surface area contributed by atoms with E-state index in [1.54, 1.807) is 12.1 Å². The van der Waals surface area contributed by atoms with Crippen molar-refractivity contribution in [1.82, 2.24) is 4.72 Å². The van der Waals surface area contributed by atoms with Crippen LogP contribution in [0.25, 0.3) is 0 Å². The SMILES string of the molecule is C=C[C@@H](N[S@+]([O-])C(C)(C)C)c1cccc(Cl)c1F. The van der Waals surface area contributed by atoms with E-state index in [9.17, 15) is 8.94 Å². The van der Waals surface area contributed by atoms with Gasteiger partial charge in [0.2, 0.25) is 0 Å². The number of nitrogens with one attached hydrogen (secondary N) is 1. The third-order valence-corrected chi connectivity index (χ3v) is 4.21. The first-order valence-corrected chi connectivity index (χ1v) is 7.04. The molecule has 1 rings (SSSR count). The van der Waals surface area contributed by atoms with Crippen molar-refractivity contribution in [2.24, 2.45) is 0 Å². The predicted octanol–water partition coefficient (Wildman–Crippen LogP) is 3.76. The van der Waals surface area contributed by atoms with Crippen molar-refractivity contribution in [3.63, 3.8) is 0 Å². The molecule has 0 bridgehead atoms. The van der Waals surface area contributed by atoms with Gasteiger partial charge in [-0.1, -0.05) is 29.8 Å². The number of benzene rings is 1. The molecule has 18 heavy (non-hydrogen) atoms. The summed E-state index contributed by atoms with van der Waals surface area (Å²) in [6, 6.07) is 4.18. The van der Waals surface area contributed by atoms with Crippen LogP contribution < -0.4 is 4.72 Å². The summed E-state index contributed by atoms with van der Waals surface area (Å²) in [5.74, 6) is -0.512. The number of hydrogen-bond acceptors (Lipinski definition) is 2. The zero-order valence-electron chi connectivity index (χ0n) is 10.7. The molecule has 1 aromatic carbocycles. The summed E-state index contributed by atoms with van der Waals surface area (Å²) in [6.07, 6.45) is 1.51. The Morgan fingerprint density at radius 2 is 2.11 bits per heavy atom. The normalized spacial score (nSPS) is 15.2. The Kier molecular flexibility index (Phi) is 5.22. The second-order valence-corrected chi connectivity index (χ2v) is 7.26. The highest BCUT2D eigenvalue weighted by atomic mass is 35.5. The fourth-order valence-corrected chi connectivity index (χ4v) is 2.28. The minimum atomic E-state index is -1.31. The van der Waals surface area contributed by atoms with E-state index in [0.29, 0.717) is 5.56 Å². The van der Waals surface area contributed by atoms with Crippen LogP contribution in [0.1, 0.15) is 32.4 Å². The van der Waals surface area contributed by atoms with Gasteiger partial charge in [0.25, 0.3) is 0 Å². The second kappa shape index (κ2) is 6.06. The Balaban J connectivity index is 2.97. The molecule has 0 aliphatic carbocycles. The molecule has 0 fully saturated rings. The molecule has 0 aliphatic rings. The molecular formula is C13H17ClFNOS. The average molecular weight is 290 g/mol. The number of rotatable bonds is 4. The van der Waals surface area contributed by atoms with Crippen molar-refractivity contribution in [2.75, 3.05) is 0 Å². The summed E-state index contributed by atoms with van der Waals surface area (Å²) in [5.41, 5.74) is 0.343. The van der Waals surface area contributed by atoms with Gasteiger partial charge in [0.15, 0.2) is 0 Å². The molecule has 5 heteroatoms. The van der Waals surface area contributed by atoms with Gasteiger partial charge in [-0.2, -0.15) is 0 Å². The molecule has 2 atom stereocenters. The standard InChI is InChI=1S/C13H17ClFNOS/c1-5-11(16-18(17)13(2,3)4)9-7-6-8-10(14)12(9)15/h5-8,11,16H,1H2,2-4H3/t11-,18-/m1/s1. The van der Waals surface area contributed by atoms with Crippen LogP contribution in [0.4, 0.5) is 4.39 Å². The first-order chi connectivity index (χ1) is 8.27. The second-order valence-electron chi connectivity index (χ2n) is 4.86. The predicted molar refractivity (Wildman–Crippen MR) is 75.4 cm³/mol. The molecule has 0 aliphatic heterocycles. The fourth-order valence-electron chi connectivity index (χ4n) is 1.29. The van der Waals surface area contributed by atoms with Crippen LogP contribution in [0.15, 0.2) is 30.9 Å². The third-order valence-electron chi connectivity index (χ3n) is 2.34. The van der Waals surface area contributed by atoms with Crippen molar-refractivity contribution in [2.45, 2.75) is 31.6 Å². The molecule has 0 saturated heterocycles. The van der Waals surface area contributed by atoms with Gasteiger partial charge in [-0.25, -0.2) is 4.39 Å². The zero-order chi connectivity index (χ0) is 13.9. The van der Waals surface area contributed by atoms with Gasteiger partial charge < -0.3 is 4.55 Å². The van der Waals surface area contributed by atoms with E-state index in [4.69, 9.17) is 11.6 Å². The minimum absolute atomic E-state index is 0.0442. The van der Waals surface area contributed by atoms with E-state index in [1.165, 1.54) is 12.1 Å². The first kappa shape index (κ1) is 15.5. The van der Waals surface area contributed by atoms with Crippen LogP contribution in [0.2, 0.25) is 5.02 Å². The van der Waals surface area contributed by atoms with E-state index in [-0.39, 0.29) is 5.02 Å². The minimum Gasteiger partial charge on any atom is -0.598 e. The largest absolute Gasteiger partial charge is 0.598 e. The van der Waals surface area contributed by atoms with Crippen LogP contribution in [0.3, 0.4) is 0 Å². The lowest BCUT2D eigenvalue weighted by atomic mass is 10.1. The maximum atomic E-state index is 13.9. The van der Waals surface area contributed by atoms with Gasteiger partial charge in [0, 0.05) is 16.9 Å². The van der Waals surface area contributed by atoms with Crippen LogP contribution >= 0.6 is 11.6 Å². The zero-order valence-corrected chi connectivity index (χ0v) is 12.2. The maximum Gasteiger partial charge on any atom is 0.147 e. The highest BCUT2D eigenvalue weighted by Gasteiger charge is 2.29. The summed E-state index contributed by atoms with van der Waals surface area (Å²) in [6.45, 7) is 9.15. The highest BCUT2D eigenvalue weighted by Crippen LogP contribution is 2.26. The molecule has 0 aromatic heterocycles. The molecular weight excluding hydrogens is 273 g/mol. The average Bonchev–Trinajstić information content (AvgIpc) is 2.28. The Hall–Kier alpha value is -0.550. The van der Waals surface area contributed by atoms with Gasteiger partial charge >= 0.3 is 0 Å². The third kappa shape index (κ3) is 3.72. The van der Waals surface area contributed by atoms with E-state index in [0.717, 1.165) is 0 Å². The van der Waals surface area contributed by atoms with Gasteiger partial charge in [-0.3, -0.25) is 0 Å². The molecule has 0 unspecified atom stereocenters. The smallest absolute Gasteiger partial charge is 0.147 e. The lowest BCUT2D eigenvalue weighted by Crippen LogP contribution is -2.41. The van der Waals surface area contributed by atoms with Crippen molar-refractivity contribution in [1.29, 1.82) is 0 Å². The van der Waals surface area contributed by atoms with E-state index < -0.39 is 28.0 Å². The maximum absolute atomic E-state index is 13.9. The van der Waals surface area contributed by atoms with Crippen molar-refractivity contribution < 1.29 is 8.94 Å². The van der Waals surface area contributed by atoms with Crippen LogP contribution in [0.5, 0.6) is 0 Å². The summed E-state index contributed by atoms with van der Waals surface area (Å²) in [4.78, 5) is 0. The number of hydrogen-bond donors (Lipinski definition) is 1. The molecule has 0 saturated carbocycles. The molecule has 0 spiro atoms. The van der Waals surface area contributed by atoms with Gasteiger partial charge in [-0.15, -0.1) is 11.3 Å². The summed E-state index contributed by atoms with van der Waals surface area (Å²) in [7, 11) is 0. The molecule has 1 aromatic rings. The van der Waals surface area contributed by atoms with Crippen LogP contribution in [-0.4, -0.2) is 9.30 Å². The Morgan fingerprint density at radius 3 is 2.61 bits per heavy atom. The summed E-state index contributed by atoms with van der Waals surface area (Å²) >= 11 is 4.41. The van der Waals surface area contributed by atoms with Crippen molar-refractivity contribution in [3.05, 3.63) is 47.3 Å². The Bertz CT molecular complexity index is 433. The summed E-state index contributed by atoms with van der Waals surface area (Å²) in [5, 5.41) is 0.0442. The number of halogens is 2. The van der Waals surface area contributed by atoms with Crippen LogP contribution in [-0.2, 0) is 11.4 Å². The molecule has 0 amide bonds. The Morgan fingerprint density at radius 1 is 1.50 bits per heavy atom. The van der Waals surface area contributed by atoms with Crippen molar-refractivity contribution >= 4 is 23.0 Å². The molecule has 0 heterocycles. The Labute approximate surface area is 116 Å². The van der Waals surface area contributed by atoms with E-state index >= 15 is 0 Å². The van der Waals surface area contributed by atoms with Crippen LogP contribution in [0, 0.1) is 5.82 Å². The first-order valence-electron chi connectivity index (χ1n) is 5.52. The van der Waals surface area contributed by atoms with E-state index in [1.807, 2.05) is 20.8 Å². The van der Waals surface area contributed by atoms with Crippen molar-refractivity contribution in [3.8, 4) is 0 Å². The molecule has 0 radical (unpaired) electrons. The quantitative estimate of drug-likeness (QED) is 0.677. The molecule has 1 N–H and O–H groups in total. The summed E-state index contributed by atoms with van der Waals surface area (Å²) < 4.78 is 28.3. The molecule has 2 nitrogen and oxygen atoms in total. The monoisotopic (exact) mass is 289 g/mol. The lowest BCUT2D eigenvalue weighted by Gasteiger charge is -2.27. The van der Waals surface area contributed by atoms with E-state index in [2.05, 4.69) is 11.3 Å². The topological polar surface area (TPSA) is 35.1 Å². The lowest BCUT2D eigenvalue weighted by molar-refractivity contribution is 0.531. The highest BCUT2D eigenvalue weighted by molar-refractivity contribution is 7.90. The van der Waals surface area contributed by atoms with Gasteiger partial charge in [0.1, 0.15) is 10.6 Å². The fraction of sp³-hybridized carbons (Fsp3) is 0.385. The molecule has 100 valence electrons. The van der Waals surface area contributed by atoms with Gasteiger partial charge in [0.05, 0.1) is 11.1 Å².